The van der Waals surface area contributed by atoms with Gasteiger partial charge in [0.2, 0.25) is 0 Å². The zero-order valence-corrected chi connectivity index (χ0v) is 30.3. The molecule has 11 nitrogen and oxygen atoms in total. The van der Waals surface area contributed by atoms with Crippen molar-refractivity contribution in [3.63, 3.8) is 0 Å². The van der Waals surface area contributed by atoms with E-state index in [1.54, 1.807) is 49.4 Å². The molecule has 2 unspecified atom stereocenters. The highest BCUT2D eigenvalue weighted by molar-refractivity contribution is 6.43. The van der Waals surface area contributed by atoms with E-state index in [1.807, 2.05) is 39.0 Å². The van der Waals surface area contributed by atoms with E-state index in [2.05, 4.69) is 12.1 Å². The van der Waals surface area contributed by atoms with E-state index in [-0.39, 0.29) is 36.0 Å². The van der Waals surface area contributed by atoms with E-state index in [4.69, 9.17) is 28.5 Å². The molecule has 0 saturated carbocycles. The van der Waals surface area contributed by atoms with Gasteiger partial charge in [-0.3, -0.25) is 0 Å². The van der Waals surface area contributed by atoms with Crippen LogP contribution in [0.5, 0.6) is 0 Å². The number of fused-ring (bicyclic) bond motifs is 2. The molecule has 2 N–H and O–H groups in total. The molecule has 4 heterocycles. The van der Waals surface area contributed by atoms with Crippen LogP contribution in [0.25, 0.3) is 0 Å². The molecule has 4 aliphatic heterocycles. The second-order valence-electron chi connectivity index (χ2n) is 14.8. The van der Waals surface area contributed by atoms with Crippen LogP contribution in [-0.2, 0) is 38.1 Å². The third-order valence-electron chi connectivity index (χ3n) is 11.1. The first-order chi connectivity index (χ1) is 24.3. The van der Waals surface area contributed by atoms with Gasteiger partial charge in [-0.15, -0.1) is 0 Å². The first kappa shape index (κ1) is 37.2. The predicted molar refractivity (Wildman–Crippen MR) is 188 cm³/mol. The molecule has 0 amide bonds. The summed E-state index contributed by atoms with van der Waals surface area (Å²) in [7, 11) is 1.38. The number of oxime groups is 1. The molecule has 11 heteroatoms. The second-order valence-corrected chi connectivity index (χ2v) is 14.8. The standard InChI is InChI=1S/C40H51NO10/c1-23-17-18-39(50-27(23)5)21-31-20-30(51-39)16-15-25(3)35(49-38(44)33(41-46-6)28-12-8-7-9-13-28)24(2)11-10-14-29-22-47-36-34(42)26(4)19-32(37(43)48-31)40(29,36)45/h7-15,19,23-24,26-27,30-31,34-36,42,45H,16-18,20-22H2,1-6H3/b11-10+,25-15+,29-14+,41-33+/t23-,24-,26-,27+,30+,31-,34+,35+,36?,39?,40+/m0/s1. The minimum atomic E-state index is -1.90. The summed E-state index contributed by atoms with van der Waals surface area (Å²) in [6, 6.07) is 8.98. The van der Waals surface area contributed by atoms with Gasteiger partial charge in [-0.2, -0.15) is 0 Å². The molecule has 3 saturated heterocycles. The van der Waals surface area contributed by atoms with Crippen molar-refractivity contribution in [2.75, 3.05) is 13.7 Å². The van der Waals surface area contributed by atoms with Gasteiger partial charge < -0.3 is 38.7 Å². The third-order valence-corrected chi connectivity index (χ3v) is 11.1. The monoisotopic (exact) mass is 705 g/mol. The fourth-order valence-corrected chi connectivity index (χ4v) is 8.00. The Kier molecular flexibility index (Phi) is 11.0. The normalized spacial score (nSPS) is 41.6. The van der Waals surface area contributed by atoms with Crippen LogP contribution < -0.4 is 0 Å². The highest BCUT2D eigenvalue weighted by Gasteiger charge is 2.58. The van der Waals surface area contributed by atoms with E-state index in [0.717, 1.165) is 12.0 Å². The van der Waals surface area contributed by atoms with Gasteiger partial charge in [0, 0.05) is 36.7 Å². The molecule has 3 fully saturated rings. The Bertz CT molecular complexity index is 1620. The Morgan fingerprint density at radius 1 is 1.06 bits per heavy atom. The summed E-state index contributed by atoms with van der Waals surface area (Å²) in [6.45, 7) is 9.82. The number of carbonyl (C=O) groups is 2. The first-order valence-electron chi connectivity index (χ1n) is 18.1. The Labute approximate surface area is 299 Å². The number of nitrogens with zero attached hydrogens (tertiary/aromatic N) is 1. The van der Waals surface area contributed by atoms with Crippen LogP contribution in [0, 0.1) is 17.8 Å². The van der Waals surface area contributed by atoms with E-state index in [0.29, 0.717) is 42.7 Å². The Balaban J connectivity index is 1.39. The van der Waals surface area contributed by atoms with Crippen LogP contribution in [0.4, 0.5) is 0 Å². The van der Waals surface area contributed by atoms with Crippen molar-refractivity contribution < 1.29 is 48.3 Å². The number of allylic oxidation sites excluding steroid dienone is 2. The van der Waals surface area contributed by atoms with Gasteiger partial charge in [0.15, 0.2) is 11.5 Å². The average Bonchev–Trinajstić information content (AvgIpc) is 3.44. The minimum absolute atomic E-state index is 0.00587. The molecular weight excluding hydrogens is 654 g/mol. The van der Waals surface area contributed by atoms with Crippen molar-refractivity contribution in [3.8, 4) is 0 Å². The number of hydrogen-bond donors (Lipinski definition) is 2. The molecule has 1 aliphatic carbocycles. The van der Waals surface area contributed by atoms with E-state index >= 15 is 0 Å². The van der Waals surface area contributed by atoms with Gasteiger partial charge >= 0.3 is 11.9 Å². The summed E-state index contributed by atoms with van der Waals surface area (Å²) >= 11 is 0. The quantitative estimate of drug-likeness (QED) is 0.188. The van der Waals surface area contributed by atoms with Crippen molar-refractivity contribution in [1.29, 1.82) is 0 Å². The molecule has 1 aromatic carbocycles. The Morgan fingerprint density at radius 3 is 2.55 bits per heavy atom. The fourth-order valence-electron chi connectivity index (χ4n) is 8.00. The van der Waals surface area contributed by atoms with Crippen molar-refractivity contribution in [2.45, 2.75) is 115 Å². The molecule has 2 bridgehead atoms. The van der Waals surface area contributed by atoms with Crippen LogP contribution >= 0.6 is 0 Å². The molecular formula is C40H51NO10. The number of hydrogen-bond acceptors (Lipinski definition) is 11. The lowest BCUT2D eigenvalue weighted by Crippen LogP contribution is -2.56. The van der Waals surface area contributed by atoms with Crippen LogP contribution in [0.15, 0.2) is 82.6 Å². The van der Waals surface area contributed by atoms with Crippen molar-refractivity contribution in [2.24, 2.45) is 22.9 Å². The SMILES string of the molecule is CO/N=C(/C(=O)O[C@H]1/C(C)=C/C[C@@H]2C[C@@H](CC3(CC[C@H](C)[C@@H](C)O3)O2)OC(=O)C2=C[C@H](C)[C@@H](O)C3OC/C(=C\C=C\[C@@H]1C)[C@@]23O)c1ccccc1. The Hall–Kier alpha value is -3.61. The van der Waals surface area contributed by atoms with Crippen LogP contribution in [-0.4, -0.2) is 89.6 Å². The lowest BCUT2D eigenvalue weighted by atomic mass is 9.72. The fraction of sp³-hybridized carbons (Fsp3) is 0.575. The van der Waals surface area contributed by atoms with Crippen LogP contribution in [0.3, 0.4) is 0 Å². The highest BCUT2D eigenvalue weighted by atomic mass is 16.7. The number of esters is 2. The molecule has 5 aliphatic rings. The Morgan fingerprint density at radius 2 is 1.82 bits per heavy atom. The summed E-state index contributed by atoms with van der Waals surface area (Å²) in [6.07, 6.45) is 7.89. The lowest BCUT2D eigenvalue weighted by Gasteiger charge is -2.49. The predicted octanol–water partition coefficient (Wildman–Crippen LogP) is 5.11. The zero-order valence-electron chi connectivity index (χ0n) is 30.3. The first-order valence-corrected chi connectivity index (χ1v) is 18.1. The van der Waals surface area contributed by atoms with Crippen LogP contribution in [0.1, 0.15) is 72.3 Å². The maximum absolute atomic E-state index is 14.1. The topological polar surface area (TPSA) is 142 Å². The van der Waals surface area contributed by atoms with E-state index in [1.165, 1.54) is 7.11 Å². The molecule has 6 rings (SSSR count). The summed E-state index contributed by atoms with van der Waals surface area (Å²) in [5.74, 6) is -2.68. The van der Waals surface area contributed by atoms with Crippen molar-refractivity contribution >= 4 is 17.7 Å². The van der Waals surface area contributed by atoms with Gasteiger partial charge in [-0.05, 0) is 43.8 Å². The molecule has 0 aromatic heterocycles. The summed E-state index contributed by atoms with van der Waals surface area (Å²) in [5.41, 5.74) is -0.0371. The van der Waals surface area contributed by atoms with Gasteiger partial charge in [0.25, 0.3) is 0 Å². The second kappa shape index (κ2) is 15.2. The number of carbonyl (C=O) groups excluding carboxylic acids is 2. The third kappa shape index (κ3) is 7.50. The number of ether oxygens (including phenoxy) is 5. The van der Waals surface area contributed by atoms with E-state index < -0.39 is 53.7 Å². The molecule has 1 aromatic rings. The van der Waals surface area contributed by atoms with Crippen LogP contribution in [0.2, 0.25) is 0 Å². The number of aliphatic hydroxyl groups excluding tert-OH is 1. The largest absolute Gasteiger partial charge is 0.459 e. The molecule has 51 heavy (non-hydrogen) atoms. The van der Waals surface area contributed by atoms with Crippen molar-refractivity contribution in [1.82, 2.24) is 0 Å². The number of rotatable bonds is 4. The minimum Gasteiger partial charge on any atom is -0.459 e. The molecule has 0 radical (unpaired) electrons. The summed E-state index contributed by atoms with van der Waals surface area (Å²) in [5, 5.41) is 27.3. The van der Waals surface area contributed by atoms with Gasteiger partial charge in [-0.25, -0.2) is 9.59 Å². The summed E-state index contributed by atoms with van der Waals surface area (Å²) in [4.78, 5) is 32.8. The smallest absolute Gasteiger partial charge is 0.361 e. The molecule has 276 valence electrons. The average molecular weight is 706 g/mol. The molecule has 1 spiro atoms. The number of benzene rings is 1. The lowest BCUT2D eigenvalue weighted by molar-refractivity contribution is -0.332. The molecule has 11 atom stereocenters. The maximum atomic E-state index is 14.1. The summed E-state index contributed by atoms with van der Waals surface area (Å²) < 4.78 is 31.7. The zero-order chi connectivity index (χ0) is 36.5. The van der Waals surface area contributed by atoms with Gasteiger partial charge in [0.05, 0.1) is 30.5 Å². The highest BCUT2D eigenvalue weighted by Crippen LogP contribution is 2.47. The number of aliphatic hydroxyl groups is 2. The van der Waals surface area contributed by atoms with Gasteiger partial charge in [-0.1, -0.05) is 86.6 Å². The van der Waals surface area contributed by atoms with E-state index in [9.17, 15) is 19.8 Å². The van der Waals surface area contributed by atoms with Gasteiger partial charge in [0.1, 0.15) is 31.0 Å². The maximum Gasteiger partial charge on any atom is 0.361 e. The van der Waals surface area contributed by atoms with Crippen molar-refractivity contribution in [3.05, 3.63) is 83.0 Å².